The minimum absolute atomic E-state index is 0.192. The van der Waals surface area contributed by atoms with Crippen LogP contribution in [-0.4, -0.2) is 35.0 Å². The van der Waals surface area contributed by atoms with Crippen LogP contribution in [0, 0.1) is 0 Å². The Morgan fingerprint density at radius 1 is 1.11 bits per heavy atom. The number of carbonyl (C=O) groups is 1. The molecule has 1 aromatic carbocycles. The van der Waals surface area contributed by atoms with Gasteiger partial charge in [0.05, 0.1) is 27.6 Å². The molecule has 182 valence electrons. The predicted molar refractivity (Wildman–Crippen MR) is 135 cm³/mol. The van der Waals surface area contributed by atoms with Crippen LogP contribution in [0.5, 0.6) is 5.75 Å². The number of ether oxygens (including phenoxy) is 1. The second-order valence-electron chi connectivity index (χ2n) is 7.75. The molecule has 0 unspecified atom stereocenters. The largest absolute Gasteiger partial charge is 0.480 e. The maximum absolute atomic E-state index is 12.9. The number of pyridine rings is 1. The second kappa shape index (κ2) is 10.2. The average molecular weight is 522 g/mol. The van der Waals surface area contributed by atoms with E-state index in [0.717, 1.165) is 11.5 Å². The quantitative estimate of drug-likeness (QED) is 0.335. The van der Waals surface area contributed by atoms with Gasteiger partial charge in [-0.15, -0.1) is 16.4 Å². The Morgan fingerprint density at radius 3 is 2.64 bits per heavy atom. The van der Waals surface area contributed by atoms with Gasteiger partial charge < -0.3 is 14.6 Å². The monoisotopic (exact) mass is 521 g/mol. The van der Waals surface area contributed by atoms with Gasteiger partial charge in [-0.2, -0.15) is 0 Å². The molecule has 0 aliphatic rings. The molecule has 0 bridgehead atoms. The van der Waals surface area contributed by atoms with Crippen molar-refractivity contribution in [2.24, 2.45) is 7.05 Å². The number of imidazole rings is 1. The van der Waals surface area contributed by atoms with E-state index >= 15 is 0 Å². The van der Waals surface area contributed by atoms with E-state index in [1.807, 2.05) is 42.1 Å². The Hall–Kier alpha value is -4.22. The normalized spacial score (nSPS) is 10.9. The molecule has 12 heteroatoms. The standard InChI is InChI=1S/C24H20ClN7O3S/c1-30-12-10-26-22(30)15-35-19-3-2-11-31(24(19)34)17-4-6-18(7-5-17)32-14-16(28-29-32)13-27-23(33)20-8-9-21(25)36-20/h2-12,14H,13,15H2,1H3,(H,27,33). The first kappa shape index (κ1) is 23.5. The van der Waals surface area contributed by atoms with Crippen molar-refractivity contribution >= 4 is 28.8 Å². The van der Waals surface area contributed by atoms with E-state index in [2.05, 4.69) is 20.6 Å². The minimum Gasteiger partial charge on any atom is -0.480 e. The Labute approximate surface area is 214 Å². The Kier molecular flexibility index (Phi) is 6.65. The number of rotatable bonds is 8. The molecule has 0 fully saturated rings. The lowest BCUT2D eigenvalue weighted by atomic mass is 10.2. The van der Waals surface area contributed by atoms with Crippen molar-refractivity contribution in [3.63, 3.8) is 0 Å². The number of hydrogen-bond acceptors (Lipinski definition) is 7. The summed E-state index contributed by atoms with van der Waals surface area (Å²) in [6.45, 7) is 0.421. The number of amides is 1. The summed E-state index contributed by atoms with van der Waals surface area (Å²) in [6, 6.07) is 14.0. The van der Waals surface area contributed by atoms with E-state index in [1.165, 1.54) is 15.9 Å². The molecule has 5 aromatic rings. The highest BCUT2D eigenvalue weighted by molar-refractivity contribution is 7.17. The molecule has 0 aliphatic heterocycles. The summed E-state index contributed by atoms with van der Waals surface area (Å²) in [4.78, 5) is 29.9. The van der Waals surface area contributed by atoms with Crippen LogP contribution in [0.3, 0.4) is 0 Å². The first-order valence-electron chi connectivity index (χ1n) is 10.8. The van der Waals surface area contributed by atoms with Crippen molar-refractivity contribution in [3.05, 3.63) is 104 Å². The van der Waals surface area contributed by atoms with Crippen LogP contribution in [0.15, 0.2) is 78.1 Å². The number of carbonyl (C=O) groups excluding carboxylic acids is 1. The van der Waals surface area contributed by atoms with Crippen molar-refractivity contribution in [1.82, 2.24) is 34.4 Å². The Bertz CT molecular complexity index is 1570. The van der Waals surface area contributed by atoms with E-state index in [1.54, 1.807) is 47.5 Å². The van der Waals surface area contributed by atoms with Crippen molar-refractivity contribution in [2.45, 2.75) is 13.2 Å². The van der Waals surface area contributed by atoms with E-state index in [0.29, 0.717) is 20.6 Å². The number of hydrogen-bond donors (Lipinski definition) is 1. The van der Waals surface area contributed by atoms with Gasteiger partial charge in [-0.3, -0.25) is 14.2 Å². The maximum atomic E-state index is 12.9. The molecular weight excluding hydrogens is 502 g/mol. The summed E-state index contributed by atoms with van der Waals surface area (Å²) in [6.07, 6.45) is 6.91. The van der Waals surface area contributed by atoms with E-state index < -0.39 is 0 Å². The number of aromatic nitrogens is 6. The van der Waals surface area contributed by atoms with Crippen LogP contribution in [0.1, 0.15) is 21.2 Å². The minimum atomic E-state index is -0.273. The number of nitrogens with one attached hydrogen (secondary N) is 1. The third-order valence-electron chi connectivity index (χ3n) is 5.35. The van der Waals surface area contributed by atoms with Crippen molar-refractivity contribution in [3.8, 4) is 17.1 Å². The number of benzene rings is 1. The van der Waals surface area contributed by atoms with Gasteiger partial charge in [-0.25, -0.2) is 9.67 Å². The molecule has 5 rings (SSSR count). The van der Waals surface area contributed by atoms with Gasteiger partial charge in [0.15, 0.2) is 5.75 Å². The van der Waals surface area contributed by atoms with Crippen LogP contribution in [0.4, 0.5) is 0 Å². The Morgan fingerprint density at radius 2 is 1.92 bits per heavy atom. The van der Waals surface area contributed by atoms with Crippen molar-refractivity contribution in [1.29, 1.82) is 0 Å². The molecule has 0 radical (unpaired) electrons. The lowest BCUT2D eigenvalue weighted by molar-refractivity contribution is 0.0954. The molecule has 0 saturated heterocycles. The zero-order chi connectivity index (χ0) is 25.1. The molecule has 1 N–H and O–H groups in total. The van der Waals surface area contributed by atoms with Gasteiger partial charge in [0, 0.05) is 31.3 Å². The molecular formula is C24H20ClN7O3S. The lowest BCUT2D eigenvalue weighted by Crippen LogP contribution is -2.21. The summed E-state index contributed by atoms with van der Waals surface area (Å²) in [5, 5.41) is 11.0. The van der Waals surface area contributed by atoms with Crippen LogP contribution in [0.25, 0.3) is 11.4 Å². The fourth-order valence-electron chi connectivity index (χ4n) is 3.43. The fraction of sp³-hybridized carbons (Fsp3) is 0.125. The molecule has 4 aromatic heterocycles. The number of aryl methyl sites for hydroxylation is 1. The van der Waals surface area contributed by atoms with E-state index in [4.69, 9.17) is 16.3 Å². The number of thiophene rings is 1. The topological polar surface area (TPSA) is 109 Å². The molecule has 0 saturated carbocycles. The molecule has 0 spiro atoms. The second-order valence-corrected chi connectivity index (χ2v) is 9.46. The van der Waals surface area contributed by atoms with Crippen LogP contribution < -0.4 is 15.6 Å². The average Bonchev–Trinajstić information content (AvgIpc) is 3.64. The highest BCUT2D eigenvalue weighted by atomic mass is 35.5. The highest BCUT2D eigenvalue weighted by Gasteiger charge is 2.11. The highest BCUT2D eigenvalue weighted by Crippen LogP contribution is 2.21. The SMILES string of the molecule is Cn1ccnc1COc1cccn(-c2ccc(-n3cc(CNC(=O)c4ccc(Cl)s4)nn3)cc2)c1=O. The number of nitrogens with zero attached hydrogens (tertiary/aromatic N) is 6. The summed E-state index contributed by atoms with van der Waals surface area (Å²) in [5.41, 5.74) is 1.76. The van der Waals surface area contributed by atoms with Gasteiger partial charge in [-0.1, -0.05) is 16.8 Å². The summed E-state index contributed by atoms with van der Waals surface area (Å²) in [5.74, 6) is 0.733. The van der Waals surface area contributed by atoms with Gasteiger partial charge in [0.25, 0.3) is 11.5 Å². The summed E-state index contributed by atoms with van der Waals surface area (Å²) >= 11 is 7.10. The van der Waals surface area contributed by atoms with Crippen molar-refractivity contribution in [2.75, 3.05) is 0 Å². The molecule has 0 aliphatic carbocycles. The van der Waals surface area contributed by atoms with Gasteiger partial charge in [0.2, 0.25) is 0 Å². The zero-order valence-electron chi connectivity index (χ0n) is 19.0. The van der Waals surface area contributed by atoms with Crippen molar-refractivity contribution < 1.29 is 9.53 Å². The molecule has 36 heavy (non-hydrogen) atoms. The fourth-order valence-corrected chi connectivity index (χ4v) is 4.39. The molecule has 1 amide bonds. The summed E-state index contributed by atoms with van der Waals surface area (Å²) in [7, 11) is 1.87. The third kappa shape index (κ3) is 5.07. The first-order chi connectivity index (χ1) is 17.5. The van der Waals surface area contributed by atoms with Gasteiger partial charge >= 0.3 is 0 Å². The smallest absolute Gasteiger partial charge is 0.297 e. The first-order valence-corrected chi connectivity index (χ1v) is 12.0. The van der Waals surface area contributed by atoms with E-state index in [-0.39, 0.29) is 30.4 Å². The van der Waals surface area contributed by atoms with E-state index in [9.17, 15) is 9.59 Å². The van der Waals surface area contributed by atoms with Gasteiger partial charge in [-0.05, 0) is 48.5 Å². The third-order valence-corrected chi connectivity index (χ3v) is 6.58. The maximum Gasteiger partial charge on any atom is 0.297 e. The predicted octanol–water partition coefficient (Wildman–Crippen LogP) is 3.38. The van der Waals surface area contributed by atoms with Crippen LogP contribution in [0.2, 0.25) is 4.34 Å². The van der Waals surface area contributed by atoms with Crippen LogP contribution in [-0.2, 0) is 20.2 Å². The molecule has 10 nitrogen and oxygen atoms in total. The molecule has 0 atom stereocenters. The van der Waals surface area contributed by atoms with Gasteiger partial charge in [0.1, 0.15) is 18.1 Å². The van der Waals surface area contributed by atoms with Crippen LogP contribution >= 0.6 is 22.9 Å². The Balaban J connectivity index is 1.26. The number of halogens is 1. The lowest BCUT2D eigenvalue weighted by Gasteiger charge is -2.10. The zero-order valence-corrected chi connectivity index (χ0v) is 20.6. The summed E-state index contributed by atoms with van der Waals surface area (Å²) < 4.78 is 11.2. The molecule has 4 heterocycles.